The van der Waals surface area contributed by atoms with E-state index in [0.717, 1.165) is 27.6 Å². The summed E-state index contributed by atoms with van der Waals surface area (Å²) >= 11 is 7.55. The second-order valence-electron chi connectivity index (χ2n) is 3.74. The van der Waals surface area contributed by atoms with Crippen LogP contribution in [0.2, 0.25) is 5.02 Å². The molecule has 16 heavy (non-hydrogen) atoms. The zero-order chi connectivity index (χ0) is 11.5. The van der Waals surface area contributed by atoms with Crippen molar-refractivity contribution in [3.05, 3.63) is 50.9 Å². The standard InChI is InChI=1S/C12H13ClN2S/c1-8-12(16-7-15-8)11(14)6-9-3-2-4-10(13)5-9/h2-5,7,11H,6,14H2,1H3. The predicted octanol–water partition coefficient (Wildman–Crippen LogP) is 3.35. The van der Waals surface area contributed by atoms with Crippen LogP contribution in [0.15, 0.2) is 29.8 Å². The molecule has 1 aromatic heterocycles. The van der Waals surface area contributed by atoms with E-state index in [4.69, 9.17) is 17.3 Å². The third-order valence-electron chi connectivity index (χ3n) is 2.46. The number of nitrogens with zero attached hydrogens (tertiary/aromatic N) is 1. The fourth-order valence-electron chi connectivity index (χ4n) is 1.68. The molecular weight excluding hydrogens is 240 g/mol. The lowest BCUT2D eigenvalue weighted by atomic mass is 10.0. The van der Waals surface area contributed by atoms with Gasteiger partial charge in [-0.2, -0.15) is 0 Å². The van der Waals surface area contributed by atoms with Crippen LogP contribution < -0.4 is 5.73 Å². The third kappa shape index (κ3) is 2.61. The molecular formula is C12H13ClN2S. The van der Waals surface area contributed by atoms with Gasteiger partial charge >= 0.3 is 0 Å². The average molecular weight is 253 g/mol. The first-order chi connectivity index (χ1) is 7.66. The van der Waals surface area contributed by atoms with Gasteiger partial charge in [0, 0.05) is 15.9 Å². The van der Waals surface area contributed by atoms with Crippen molar-refractivity contribution in [3.63, 3.8) is 0 Å². The Hall–Kier alpha value is -0.900. The lowest BCUT2D eigenvalue weighted by Gasteiger charge is -2.10. The number of hydrogen-bond donors (Lipinski definition) is 1. The number of thiazole rings is 1. The van der Waals surface area contributed by atoms with E-state index in [0.29, 0.717) is 0 Å². The second-order valence-corrected chi connectivity index (χ2v) is 5.07. The minimum Gasteiger partial charge on any atom is -0.323 e. The van der Waals surface area contributed by atoms with Gasteiger partial charge in [-0.05, 0) is 31.0 Å². The Labute approximate surface area is 104 Å². The lowest BCUT2D eigenvalue weighted by molar-refractivity contribution is 0.729. The Morgan fingerprint density at radius 3 is 2.94 bits per heavy atom. The molecule has 0 bridgehead atoms. The first kappa shape index (κ1) is 11.6. The Morgan fingerprint density at radius 1 is 1.50 bits per heavy atom. The predicted molar refractivity (Wildman–Crippen MR) is 68.9 cm³/mol. The average Bonchev–Trinajstić information content (AvgIpc) is 2.64. The van der Waals surface area contributed by atoms with E-state index >= 15 is 0 Å². The summed E-state index contributed by atoms with van der Waals surface area (Å²) in [5.74, 6) is 0. The van der Waals surface area contributed by atoms with E-state index in [1.807, 2.05) is 36.7 Å². The molecule has 4 heteroatoms. The van der Waals surface area contributed by atoms with Gasteiger partial charge in [-0.15, -0.1) is 11.3 Å². The molecule has 0 aliphatic rings. The molecule has 0 aliphatic carbocycles. The molecule has 2 rings (SSSR count). The van der Waals surface area contributed by atoms with Gasteiger partial charge in [0.15, 0.2) is 0 Å². The van der Waals surface area contributed by atoms with Gasteiger partial charge in [0.1, 0.15) is 0 Å². The summed E-state index contributed by atoms with van der Waals surface area (Å²) in [6.45, 7) is 1.99. The van der Waals surface area contributed by atoms with Gasteiger partial charge < -0.3 is 5.73 Å². The van der Waals surface area contributed by atoms with E-state index in [-0.39, 0.29) is 6.04 Å². The summed E-state index contributed by atoms with van der Waals surface area (Å²) in [4.78, 5) is 5.36. The van der Waals surface area contributed by atoms with E-state index in [1.165, 1.54) is 0 Å². The van der Waals surface area contributed by atoms with Crippen molar-refractivity contribution >= 4 is 22.9 Å². The lowest BCUT2D eigenvalue weighted by Crippen LogP contribution is -2.13. The fourth-order valence-corrected chi connectivity index (χ4v) is 2.70. The maximum atomic E-state index is 6.15. The number of aromatic nitrogens is 1. The van der Waals surface area contributed by atoms with Crippen LogP contribution in [0.25, 0.3) is 0 Å². The number of rotatable bonds is 3. The van der Waals surface area contributed by atoms with Crippen molar-refractivity contribution in [1.82, 2.24) is 4.98 Å². The van der Waals surface area contributed by atoms with Crippen LogP contribution in [-0.2, 0) is 6.42 Å². The zero-order valence-electron chi connectivity index (χ0n) is 8.98. The maximum Gasteiger partial charge on any atom is 0.0798 e. The topological polar surface area (TPSA) is 38.9 Å². The normalized spacial score (nSPS) is 12.7. The van der Waals surface area contributed by atoms with Crippen molar-refractivity contribution in [2.24, 2.45) is 5.73 Å². The minimum atomic E-state index is 0.00552. The third-order valence-corrected chi connectivity index (χ3v) is 3.76. The van der Waals surface area contributed by atoms with E-state index in [1.54, 1.807) is 11.3 Å². The molecule has 84 valence electrons. The molecule has 0 saturated carbocycles. The number of benzene rings is 1. The van der Waals surface area contributed by atoms with Crippen LogP contribution in [-0.4, -0.2) is 4.98 Å². The highest BCUT2D eigenvalue weighted by Crippen LogP contribution is 2.23. The Morgan fingerprint density at radius 2 is 2.31 bits per heavy atom. The van der Waals surface area contributed by atoms with E-state index in [2.05, 4.69) is 4.98 Å². The first-order valence-electron chi connectivity index (χ1n) is 5.07. The molecule has 2 N–H and O–H groups in total. The SMILES string of the molecule is Cc1ncsc1C(N)Cc1cccc(Cl)c1. The summed E-state index contributed by atoms with van der Waals surface area (Å²) in [6.07, 6.45) is 0.795. The number of nitrogens with two attached hydrogens (primary N) is 1. The van der Waals surface area contributed by atoms with Crippen LogP contribution in [0.1, 0.15) is 22.2 Å². The van der Waals surface area contributed by atoms with E-state index < -0.39 is 0 Å². The van der Waals surface area contributed by atoms with Crippen LogP contribution >= 0.6 is 22.9 Å². The van der Waals surface area contributed by atoms with Crippen molar-refractivity contribution < 1.29 is 0 Å². The van der Waals surface area contributed by atoms with Crippen LogP contribution in [0.3, 0.4) is 0 Å². The fraction of sp³-hybridized carbons (Fsp3) is 0.250. The maximum absolute atomic E-state index is 6.15. The summed E-state index contributed by atoms with van der Waals surface area (Å²) < 4.78 is 0. The minimum absolute atomic E-state index is 0.00552. The summed E-state index contributed by atoms with van der Waals surface area (Å²) in [7, 11) is 0. The molecule has 0 radical (unpaired) electrons. The molecule has 1 aromatic carbocycles. The van der Waals surface area contributed by atoms with Crippen LogP contribution in [0.4, 0.5) is 0 Å². The van der Waals surface area contributed by atoms with Gasteiger partial charge in [0.05, 0.1) is 11.2 Å². The molecule has 0 spiro atoms. The smallest absolute Gasteiger partial charge is 0.0798 e. The van der Waals surface area contributed by atoms with Gasteiger partial charge in [-0.1, -0.05) is 23.7 Å². The molecule has 0 fully saturated rings. The van der Waals surface area contributed by atoms with Crippen LogP contribution in [0, 0.1) is 6.92 Å². The number of halogens is 1. The summed E-state index contributed by atoms with van der Waals surface area (Å²) in [5.41, 5.74) is 10.2. The van der Waals surface area contributed by atoms with Gasteiger partial charge in [-0.3, -0.25) is 0 Å². The number of hydrogen-bond acceptors (Lipinski definition) is 3. The highest BCUT2D eigenvalue weighted by Gasteiger charge is 2.12. The van der Waals surface area contributed by atoms with Crippen molar-refractivity contribution in [2.45, 2.75) is 19.4 Å². The summed E-state index contributed by atoms with van der Waals surface area (Å²) in [5, 5.41) is 0.755. The zero-order valence-corrected chi connectivity index (χ0v) is 10.6. The molecule has 0 amide bonds. The second kappa shape index (κ2) is 4.95. The van der Waals surface area contributed by atoms with Gasteiger partial charge in [-0.25, -0.2) is 4.98 Å². The highest BCUT2D eigenvalue weighted by atomic mass is 35.5. The molecule has 0 saturated heterocycles. The molecule has 1 atom stereocenters. The largest absolute Gasteiger partial charge is 0.323 e. The summed E-state index contributed by atoms with van der Waals surface area (Å²) in [6, 6.07) is 7.82. The molecule has 2 aromatic rings. The Bertz CT molecular complexity index is 481. The quantitative estimate of drug-likeness (QED) is 0.910. The van der Waals surface area contributed by atoms with E-state index in [9.17, 15) is 0 Å². The Balaban J connectivity index is 2.14. The molecule has 2 nitrogen and oxygen atoms in total. The molecule has 1 unspecified atom stereocenters. The molecule has 0 aliphatic heterocycles. The van der Waals surface area contributed by atoms with Gasteiger partial charge in [0.25, 0.3) is 0 Å². The first-order valence-corrected chi connectivity index (χ1v) is 6.32. The van der Waals surface area contributed by atoms with Gasteiger partial charge in [0.2, 0.25) is 0 Å². The van der Waals surface area contributed by atoms with Crippen molar-refractivity contribution in [1.29, 1.82) is 0 Å². The highest BCUT2D eigenvalue weighted by molar-refractivity contribution is 7.09. The Kier molecular flexibility index (Phi) is 3.59. The van der Waals surface area contributed by atoms with Crippen molar-refractivity contribution in [2.75, 3.05) is 0 Å². The van der Waals surface area contributed by atoms with Crippen LogP contribution in [0.5, 0.6) is 0 Å². The van der Waals surface area contributed by atoms with Crippen molar-refractivity contribution in [3.8, 4) is 0 Å². The number of aryl methyl sites for hydroxylation is 1. The monoisotopic (exact) mass is 252 g/mol. The molecule has 1 heterocycles.